The quantitative estimate of drug-likeness (QED) is 0.263. The van der Waals surface area contributed by atoms with Crippen LogP contribution < -0.4 is 10.9 Å². The van der Waals surface area contributed by atoms with Crippen LogP contribution in [0.3, 0.4) is 0 Å². The van der Waals surface area contributed by atoms with Crippen molar-refractivity contribution in [3.63, 3.8) is 0 Å². The van der Waals surface area contributed by atoms with E-state index in [4.69, 9.17) is 0 Å². The summed E-state index contributed by atoms with van der Waals surface area (Å²) in [5.74, 6) is 0.104. The van der Waals surface area contributed by atoms with Crippen molar-refractivity contribution in [2.45, 2.75) is 83.3 Å². The van der Waals surface area contributed by atoms with Crippen molar-refractivity contribution >= 4 is 21.9 Å². The molecule has 2 aromatic heterocycles. The maximum Gasteiger partial charge on any atom is 0.248 e. The molecule has 8 heteroatoms. The number of phenols is 1. The van der Waals surface area contributed by atoms with E-state index in [9.17, 15) is 9.90 Å². The van der Waals surface area contributed by atoms with Gasteiger partial charge in [-0.1, -0.05) is 30.5 Å². The average molecular weight is 529 g/mol. The van der Waals surface area contributed by atoms with Crippen molar-refractivity contribution in [1.82, 2.24) is 30.2 Å². The molecular weight excluding hydrogens is 488 g/mol. The van der Waals surface area contributed by atoms with Crippen LogP contribution in [0.15, 0.2) is 35.1 Å². The van der Waals surface area contributed by atoms with Crippen LogP contribution in [-0.2, 0) is 32.4 Å². The molecule has 2 aromatic carbocycles. The number of pyridine rings is 1. The average Bonchev–Trinajstić information content (AvgIpc) is 3.60. The Balaban J connectivity index is 1.10. The first-order valence-corrected chi connectivity index (χ1v) is 14.7. The molecule has 0 unspecified atom stereocenters. The molecule has 2 heterocycles. The van der Waals surface area contributed by atoms with Gasteiger partial charge in [0.05, 0.1) is 11.0 Å². The molecule has 0 radical (unpaired) electrons. The van der Waals surface area contributed by atoms with Gasteiger partial charge in [0.2, 0.25) is 5.56 Å². The van der Waals surface area contributed by atoms with Gasteiger partial charge >= 0.3 is 0 Å². The van der Waals surface area contributed by atoms with Gasteiger partial charge in [0, 0.05) is 30.6 Å². The number of phenolic OH excluding ortho intramolecular Hbond substituents is 1. The van der Waals surface area contributed by atoms with E-state index in [0.29, 0.717) is 5.52 Å². The highest BCUT2D eigenvalue weighted by atomic mass is 16.3. The van der Waals surface area contributed by atoms with E-state index in [1.807, 2.05) is 6.07 Å². The van der Waals surface area contributed by atoms with Gasteiger partial charge in [-0.05, 0) is 106 Å². The minimum Gasteiger partial charge on any atom is -0.506 e. The predicted molar refractivity (Wildman–Crippen MR) is 155 cm³/mol. The third-order valence-corrected chi connectivity index (χ3v) is 8.89. The van der Waals surface area contributed by atoms with E-state index in [0.717, 1.165) is 74.4 Å². The van der Waals surface area contributed by atoms with Crippen LogP contribution in [0.25, 0.3) is 21.9 Å². The Hall–Kier alpha value is -3.23. The van der Waals surface area contributed by atoms with Crippen molar-refractivity contribution < 1.29 is 5.11 Å². The van der Waals surface area contributed by atoms with Gasteiger partial charge in [-0.2, -0.15) is 0 Å². The SMILES string of the molecule is CN(CCCn1nnc2cc(CNCCc3ccc(O)c4[nH]c(=O)ccc34)c3c(c21)CCC3)C1CCCCC1. The zero-order valence-corrected chi connectivity index (χ0v) is 23.0. The van der Waals surface area contributed by atoms with Crippen LogP contribution in [-0.4, -0.2) is 56.2 Å². The number of aromatic amines is 1. The monoisotopic (exact) mass is 528 g/mol. The lowest BCUT2D eigenvalue weighted by atomic mass is 9.94. The number of rotatable bonds is 10. The van der Waals surface area contributed by atoms with Crippen LogP contribution in [0.1, 0.15) is 67.2 Å². The summed E-state index contributed by atoms with van der Waals surface area (Å²) < 4.78 is 2.16. The minimum absolute atomic E-state index is 0.104. The van der Waals surface area contributed by atoms with Crippen LogP contribution in [0, 0.1) is 0 Å². The molecule has 0 aliphatic heterocycles. The number of hydrogen-bond donors (Lipinski definition) is 3. The van der Waals surface area contributed by atoms with Crippen LogP contribution in [0.5, 0.6) is 5.75 Å². The molecule has 0 saturated heterocycles. The summed E-state index contributed by atoms with van der Waals surface area (Å²) in [6, 6.07) is 9.90. The Morgan fingerprint density at radius 3 is 2.79 bits per heavy atom. The Morgan fingerprint density at radius 2 is 1.92 bits per heavy atom. The first-order valence-electron chi connectivity index (χ1n) is 14.7. The van der Waals surface area contributed by atoms with E-state index in [2.05, 4.69) is 43.3 Å². The highest BCUT2D eigenvalue weighted by Gasteiger charge is 2.22. The number of nitrogens with one attached hydrogen (secondary N) is 2. The van der Waals surface area contributed by atoms with Gasteiger partial charge in [0.1, 0.15) is 11.3 Å². The number of fused-ring (bicyclic) bond motifs is 4. The lowest BCUT2D eigenvalue weighted by molar-refractivity contribution is 0.187. The largest absolute Gasteiger partial charge is 0.506 e. The Morgan fingerprint density at radius 1 is 1.08 bits per heavy atom. The van der Waals surface area contributed by atoms with Crippen molar-refractivity contribution in [3.05, 3.63) is 62.9 Å². The molecule has 0 spiro atoms. The molecule has 0 bridgehead atoms. The molecule has 2 aliphatic carbocycles. The number of benzene rings is 2. The third kappa shape index (κ3) is 5.45. The standard InChI is InChI=1S/C31H40N6O2/c1-36(23-7-3-2-4-8-23)17-6-18-37-31-26-10-5-9-24(26)22(19-27(31)34-35-37)20-32-16-15-21-11-13-28(38)30-25(21)12-14-29(39)33-30/h11-14,19,23,32,38H,2-10,15-18,20H2,1H3,(H,33,39). The molecule has 1 saturated carbocycles. The summed E-state index contributed by atoms with van der Waals surface area (Å²) in [7, 11) is 2.29. The second kappa shape index (κ2) is 11.5. The van der Waals surface area contributed by atoms with Crippen molar-refractivity contribution in [3.8, 4) is 5.75 Å². The van der Waals surface area contributed by atoms with Crippen molar-refractivity contribution in [2.75, 3.05) is 20.1 Å². The maximum atomic E-state index is 11.7. The lowest BCUT2D eigenvalue weighted by Crippen LogP contribution is -2.34. The number of nitrogens with zero attached hydrogens (tertiary/aromatic N) is 4. The highest BCUT2D eigenvalue weighted by Crippen LogP contribution is 2.32. The first-order chi connectivity index (χ1) is 19.1. The zero-order valence-electron chi connectivity index (χ0n) is 23.0. The number of aryl methyl sites for hydroxylation is 2. The minimum atomic E-state index is -0.207. The maximum absolute atomic E-state index is 11.7. The van der Waals surface area contributed by atoms with Gasteiger partial charge in [0.15, 0.2) is 0 Å². The number of aromatic hydroxyl groups is 1. The zero-order chi connectivity index (χ0) is 26.8. The van der Waals surface area contributed by atoms with Crippen LogP contribution in [0.4, 0.5) is 0 Å². The molecule has 4 aromatic rings. The second-order valence-corrected chi connectivity index (χ2v) is 11.4. The molecule has 1 fully saturated rings. The van der Waals surface area contributed by atoms with Gasteiger partial charge in [-0.15, -0.1) is 5.10 Å². The summed E-state index contributed by atoms with van der Waals surface area (Å²) in [4.78, 5) is 17.0. The normalized spacial score (nSPS) is 16.1. The third-order valence-electron chi connectivity index (χ3n) is 8.89. The molecular formula is C31H40N6O2. The van der Waals surface area contributed by atoms with E-state index in [1.165, 1.54) is 66.8 Å². The summed E-state index contributed by atoms with van der Waals surface area (Å²) in [6.45, 7) is 3.63. The Bertz CT molecular complexity index is 1520. The number of H-pyrrole nitrogens is 1. The fourth-order valence-corrected chi connectivity index (χ4v) is 6.80. The van der Waals surface area contributed by atoms with E-state index in [1.54, 1.807) is 12.1 Å². The van der Waals surface area contributed by atoms with Gasteiger partial charge in [-0.3, -0.25) is 4.79 Å². The molecule has 39 heavy (non-hydrogen) atoms. The molecule has 2 aliphatic rings. The van der Waals surface area contributed by atoms with E-state index >= 15 is 0 Å². The fraction of sp³-hybridized carbons (Fsp3) is 0.516. The van der Waals surface area contributed by atoms with Crippen LogP contribution >= 0.6 is 0 Å². The molecule has 8 nitrogen and oxygen atoms in total. The smallest absolute Gasteiger partial charge is 0.248 e. The second-order valence-electron chi connectivity index (χ2n) is 11.4. The summed E-state index contributed by atoms with van der Waals surface area (Å²) in [5, 5.41) is 23.8. The van der Waals surface area contributed by atoms with Crippen molar-refractivity contribution in [1.29, 1.82) is 0 Å². The molecule has 206 valence electrons. The molecule has 0 atom stereocenters. The molecule has 6 rings (SSSR count). The number of hydrogen-bond acceptors (Lipinski definition) is 6. The number of aromatic nitrogens is 4. The summed E-state index contributed by atoms with van der Waals surface area (Å²) >= 11 is 0. The fourth-order valence-electron chi connectivity index (χ4n) is 6.80. The lowest BCUT2D eigenvalue weighted by Gasteiger charge is -2.31. The topological polar surface area (TPSA) is 99.1 Å². The highest BCUT2D eigenvalue weighted by molar-refractivity contribution is 5.87. The van der Waals surface area contributed by atoms with Crippen LogP contribution in [0.2, 0.25) is 0 Å². The first kappa shape index (κ1) is 26.0. The van der Waals surface area contributed by atoms with E-state index in [-0.39, 0.29) is 11.3 Å². The Kier molecular flexibility index (Phi) is 7.66. The molecule has 3 N–H and O–H groups in total. The Labute approximate surface area is 229 Å². The molecule has 0 amide bonds. The predicted octanol–water partition coefficient (Wildman–Crippen LogP) is 4.45. The van der Waals surface area contributed by atoms with Gasteiger partial charge in [0.25, 0.3) is 0 Å². The van der Waals surface area contributed by atoms with Gasteiger partial charge in [-0.25, -0.2) is 4.68 Å². The van der Waals surface area contributed by atoms with E-state index < -0.39 is 0 Å². The summed E-state index contributed by atoms with van der Waals surface area (Å²) in [5.41, 5.74) is 7.92. The van der Waals surface area contributed by atoms with Gasteiger partial charge < -0.3 is 20.3 Å². The van der Waals surface area contributed by atoms with Crippen molar-refractivity contribution in [2.24, 2.45) is 0 Å². The summed E-state index contributed by atoms with van der Waals surface area (Å²) in [6.07, 6.45) is 12.2.